The molecule has 1 rings (SSSR count). The molecule has 0 aliphatic rings. The Bertz CT molecular complexity index is 345. The van der Waals surface area contributed by atoms with Crippen LogP contribution in [0.2, 0.25) is 0 Å². The Morgan fingerprint density at radius 1 is 1.31 bits per heavy atom. The zero-order chi connectivity index (χ0) is 11.8. The number of rotatable bonds is 6. The zero-order valence-corrected chi connectivity index (χ0v) is 10.4. The summed E-state index contributed by atoms with van der Waals surface area (Å²) in [5, 5.41) is 3.28. The van der Waals surface area contributed by atoms with E-state index in [1.54, 1.807) is 7.11 Å². The van der Waals surface area contributed by atoms with Crippen molar-refractivity contribution in [3.63, 3.8) is 0 Å². The summed E-state index contributed by atoms with van der Waals surface area (Å²) in [4.78, 5) is 0. The van der Waals surface area contributed by atoms with E-state index in [4.69, 9.17) is 4.74 Å². The quantitative estimate of drug-likeness (QED) is 0.742. The van der Waals surface area contributed by atoms with Gasteiger partial charge in [0.25, 0.3) is 0 Å². The second-order valence-corrected chi connectivity index (χ2v) is 3.89. The van der Waals surface area contributed by atoms with Crippen LogP contribution in [0.1, 0.15) is 16.7 Å². The van der Waals surface area contributed by atoms with Gasteiger partial charge in [-0.25, -0.2) is 0 Å². The fraction of sp³-hybridized carbons (Fsp3) is 0.429. The van der Waals surface area contributed by atoms with Gasteiger partial charge in [-0.3, -0.25) is 0 Å². The number of methoxy groups -OCH3 is 1. The third kappa shape index (κ3) is 4.17. The Labute approximate surface area is 98.3 Å². The van der Waals surface area contributed by atoms with Crippen molar-refractivity contribution in [1.82, 2.24) is 5.32 Å². The van der Waals surface area contributed by atoms with Gasteiger partial charge in [-0.2, -0.15) is 0 Å². The molecule has 0 radical (unpaired) electrons. The molecule has 0 aliphatic heterocycles. The highest BCUT2D eigenvalue weighted by molar-refractivity contribution is 5.55. The maximum Gasteiger partial charge on any atom is 0.0587 e. The molecule has 0 amide bonds. The lowest BCUT2D eigenvalue weighted by molar-refractivity contribution is 0.200. The summed E-state index contributed by atoms with van der Waals surface area (Å²) in [7, 11) is 1.72. The third-order valence-corrected chi connectivity index (χ3v) is 2.69. The van der Waals surface area contributed by atoms with Gasteiger partial charge in [0.15, 0.2) is 0 Å². The van der Waals surface area contributed by atoms with E-state index in [2.05, 4.69) is 49.5 Å². The highest BCUT2D eigenvalue weighted by Gasteiger charge is 1.95. The first-order valence-electron chi connectivity index (χ1n) is 5.68. The molecule has 0 atom stereocenters. The summed E-state index contributed by atoms with van der Waals surface area (Å²) in [6, 6.07) is 6.39. The lowest BCUT2D eigenvalue weighted by Gasteiger charge is -2.04. The molecule has 0 heterocycles. The van der Waals surface area contributed by atoms with Gasteiger partial charge in [0, 0.05) is 20.2 Å². The predicted molar refractivity (Wildman–Crippen MR) is 69.7 cm³/mol. The Morgan fingerprint density at radius 2 is 2.12 bits per heavy atom. The van der Waals surface area contributed by atoms with Crippen LogP contribution < -0.4 is 5.32 Å². The maximum atomic E-state index is 4.95. The average molecular weight is 219 g/mol. The van der Waals surface area contributed by atoms with Gasteiger partial charge in [-0.15, -0.1) is 0 Å². The second-order valence-electron chi connectivity index (χ2n) is 3.89. The van der Waals surface area contributed by atoms with Crippen LogP contribution in [0.25, 0.3) is 6.08 Å². The molecule has 0 saturated heterocycles. The Hall–Kier alpha value is -1.12. The smallest absolute Gasteiger partial charge is 0.0587 e. The van der Waals surface area contributed by atoms with E-state index in [0.29, 0.717) is 0 Å². The number of aryl methyl sites for hydroxylation is 1. The molecular formula is C14H21NO. The largest absolute Gasteiger partial charge is 0.383 e. The molecule has 2 heteroatoms. The van der Waals surface area contributed by atoms with Crippen LogP contribution in [-0.4, -0.2) is 26.8 Å². The lowest BCUT2D eigenvalue weighted by atomic mass is 10.0. The Morgan fingerprint density at radius 3 is 2.88 bits per heavy atom. The summed E-state index contributed by atoms with van der Waals surface area (Å²) in [5.41, 5.74) is 4.00. The van der Waals surface area contributed by atoms with Crippen molar-refractivity contribution in [2.75, 3.05) is 26.8 Å². The summed E-state index contributed by atoms with van der Waals surface area (Å²) in [6.07, 6.45) is 4.32. The first kappa shape index (κ1) is 12.9. The normalized spacial score (nSPS) is 11.2. The predicted octanol–water partition coefficient (Wildman–Crippen LogP) is 2.55. The minimum atomic E-state index is 0.761. The highest BCUT2D eigenvalue weighted by Crippen LogP contribution is 2.13. The zero-order valence-electron chi connectivity index (χ0n) is 10.4. The summed E-state index contributed by atoms with van der Waals surface area (Å²) < 4.78 is 4.95. The van der Waals surface area contributed by atoms with Crippen LogP contribution in [0.4, 0.5) is 0 Å². The van der Waals surface area contributed by atoms with E-state index >= 15 is 0 Å². The molecule has 1 aromatic carbocycles. The van der Waals surface area contributed by atoms with Gasteiger partial charge < -0.3 is 10.1 Å². The van der Waals surface area contributed by atoms with Crippen LogP contribution in [0.3, 0.4) is 0 Å². The molecule has 16 heavy (non-hydrogen) atoms. The van der Waals surface area contributed by atoms with E-state index < -0.39 is 0 Å². The molecule has 0 saturated carbocycles. The van der Waals surface area contributed by atoms with Crippen molar-refractivity contribution in [2.24, 2.45) is 0 Å². The Balaban J connectivity index is 2.41. The van der Waals surface area contributed by atoms with E-state index in [1.165, 1.54) is 16.7 Å². The van der Waals surface area contributed by atoms with Gasteiger partial charge in [-0.1, -0.05) is 30.4 Å². The molecule has 0 aliphatic carbocycles. The van der Waals surface area contributed by atoms with E-state index in [9.17, 15) is 0 Å². The molecule has 88 valence electrons. The first-order chi connectivity index (χ1) is 7.75. The molecule has 0 aromatic heterocycles. The summed E-state index contributed by atoms with van der Waals surface area (Å²) >= 11 is 0. The fourth-order valence-electron chi connectivity index (χ4n) is 1.50. The van der Waals surface area contributed by atoms with Gasteiger partial charge >= 0.3 is 0 Å². The molecule has 0 fully saturated rings. The maximum absolute atomic E-state index is 4.95. The van der Waals surface area contributed by atoms with Crippen molar-refractivity contribution in [3.8, 4) is 0 Å². The van der Waals surface area contributed by atoms with Gasteiger partial charge in [0.1, 0.15) is 0 Å². The Kier molecular flexibility index (Phi) is 5.83. The number of benzene rings is 1. The fourth-order valence-corrected chi connectivity index (χ4v) is 1.50. The molecule has 1 aromatic rings. The number of hydrogen-bond donors (Lipinski definition) is 1. The summed E-state index contributed by atoms with van der Waals surface area (Å²) in [6.45, 7) is 6.85. The van der Waals surface area contributed by atoms with Crippen LogP contribution in [0.15, 0.2) is 24.3 Å². The number of ether oxygens (including phenoxy) is 1. The molecule has 0 bridgehead atoms. The van der Waals surface area contributed by atoms with Crippen LogP contribution in [0.5, 0.6) is 0 Å². The van der Waals surface area contributed by atoms with Crippen molar-refractivity contribution in [3.05, 3.63) is 41.0 Å². The second kappa shape index (κ2) is 7.20. The minimum Gasteiger partial charge on any atom is -0.383 e. The van der Waals surface area contributed by atoms with E-state index in [0.717, 1.165) is 19.7 Å². The SMILES string of the molecule is COCCNCC=Cc1cccc(C)c1C. The van der Waals surface area contributed by atoms with Crippen molar-refractivity contribution in [1.29, 1.82) is 0 Å². The first-order valence-corrected chi connectivity index (χ1v) is 5.68. The average Bonchev–Trinajstić information content (AvgIpc) is 2.29. The van der Waals surface area contributed by atoms with Crippen LogP contribution >= 0.6 is 0 Å². The van der Waals surface area contributed by atoms with Crippen molar-refractivity contribution in [2.45, 2.75) is 13.8 Å². The third-order valence-electron chi connectivity index (χ3n) is 2.69. The monoisotopic (exact) mass is 219 g/mol. The van der Waals surface area contributed by atoms with E-state index in [1.807, 2.05) is 0 Å². The van der Waals surface area contributed by atoms with Crippen molar-refractivity contribution < 1.29 is 4.74 Å². The van der Waals surface area contributed by atoms with Gasteiger partial charge in [0.2, 0.25) is 0 Å². The van der Waals surface area contributed by atoms with E-state index in [-0.39, 0.29) is 0 Å². The molecule has 0 unspecified atom stereocenters. The standard InChI is InChI=1S/C14H21NO/c1-12-6-4-7-14(13(12)2)8-5-9-15-10-11-16-3/h4-8,15H,9-11H2,1-3H3. The minimum absolute atomic E-state index is 0.761. The molecule has 1 N–H and O–H groups in total. The summed E-state index contributed by atoms with van der Waals surface area (Å²) in [5.74, 6) is 0. The van der Waals surface area contributed by atoms with Gasteiger partial charge in [0.05, 0.1) is 6.61 Å². The molecular weight excluding hydrogens is 198 g/mol. The number of nitrogens with one attached hydrogen (secondary N) is 1. The van der Waals surface area contributed by atoms with Crippen molar-refractivity contribution >= 4 is 6.08 Å². The molecule has 2 nitrogen and oxygen atoms in total. The number of hydrogen-bond acceptors (Lipinski definition) is 2. The topological polar surface area (TPSA) is 21.3 Å². The lowest BCUT2D eigenvalue weighted by Crippen LogP contribution is -2.18. The van der Waals surface area contributed by atoms with Crippen LogP contribution in [-0.2, 0) is 4.74 Å². The van der Waals surface area contributed by atoms with Crippen LogP contribution in [0, 0.1) is 13.8 Å². The highest BCUT2D eigenvalue weighted by atomic mass is 16.5. The van der Waals surface area contributed by atoms with Gasteiger partial charge in [-0.05, 0) is 30.5 Å². The molecule has 0 spiro atoms.